The van der Waals surface area contributed by atoms with Crippen LogP contribution in [0.3, 0.4) is 0 Å². The molecule has 122 valence electrons. The van der Waals surface area contributed by atoms with Crippen LogP contribution >= 0.6 is 17.0 Å². The summed E-state index contributed by atoms with van der Waals surface area (Å²) in [6, 6.07) is 16.2. The maximum absolute atomic E-state index is 9.79. The fraction of sp³-hybridized carbons (Fsp3) is 0.368. The van der Waals surface area contributed by atoms with Gasteiger partial charge in [0.15, 0.2) is 0 Å². The molecule has 0 atom stereocenters. The van der Waals surface area contributed by atoms with Gasteiger partial charge in [0.1, 0.15) is 11.5 Å². The monoisotopic (exact) mass is 375 g/mol. The highest BCUT2D eigenvalue weighted by Crippen LogP contribution is 2.46. The molecule has 1 N–H and O–H groups in total. The smallest absolute Gasteiger partial charge is 0.123 e. The van der Waals surface area contributed by atoms with E-state index in [2.05, 4.69) is 35.2 Å². The third-order valence-corrected chi connectivity index (χ3v) is 5.10. The summed E-state index contributed by atoms with van der Waals surface area (Å²) in [4.78, 5) is 2.52. The zero-order valence-corrected chi connectivity index (χ0v) is 14.8. The van der Waals surface area contributed by atoms with Crippen molar-refractivity contribution in [2.45, 2.75) is 24.8 Å². The van der Waals surface area contributed by atoms with E-state index in [4.69, 9.17) is 4.74 Å². The molecular formula is C19H22BrNO2. The second-order valence-corrected chi connectivity index (χ2v) is 6.51. The number of ether oxygens (including phenoxy) is 1. The third-order valence-electron chi connectivity index (χ3n) is 5.10. The van der Waals surface area contributed by atoms with Crippen LogP contribution in [0.25, 0.3) is 0 Å². The highest BCUT2D eigenvalue weighted by atomic mass is 79.9. The number of hydrogen-bond acceptors (Lipinski definition) is 3. The minimum Gasteiger partial charge on any atom is -0.508 e. The van der Waals surface area contributed by atoms with Crippen molar-refractivity contribution in [1.29, 1.82) is 0 Å². The lowest BCUT2D eigenvalue weighted by Crippen LogP contribution is -2.43. The molecular weight excluding hydrogens is 354 g/mol. The van der Waals surface area contributed by atoms with E-state index >= 15 is 0 Å². The summed E-state index contributed by atoms with van der Waals surface area (Å²) < 4.78 is 5.87. The van der Waals surface area contributed by atoms with Crippen molar-refractivity contribution in [2.75, 3.05) is 19.7 Å². The second kappa shape index (κ2) is 6.54. The van der Waals surface area contributed by atoms with Crippen molar-refractivity contribution < 1.29 is 9.84 Å². The number of phenolic OH excluding ortho intramolecular Hbond substituents is 1. The van der Waals surface area contributed by atoms with E-state index in [1.807, 2.05) is 12.1 Å². The topological polar surface area (TPSA) is 32.7 Å². The first-order valence-corrected chi connectivity index (χ1v) is 7.98. The first-order valence-electron chi connectivity index (χ1n) is 7.98. The molecule has 0 saturated carbocycles. The molecule has 3 nitrogen and oxygen atoms in total. The molecule has 0 aliphatic carbocycles. The minimum absolute atomic E-state index is 0. The van der Waals surface area contributed by atoms with Gasteiger partial charge < -0.3 is 9.84 Å². The summed E-state index contributed by atoms with van der Waals surface area (Å²) in [6.45, 7) is 3.93. The van der Waals surface area contributed by atoms with E-state index in [0.29, 0.717) is 5.75 Å². The fourth-order valence-electron chi connectivity index (χ4n) is 3.75. The van der Waals surface area contributed by atoms with Gasteiger partial charge in [0.25, 0.3) is 0 Å². The van der Waals surface area contributed by atoms with Crippen LogP contribution in [-0.2, 0) is 12.0 Å². The third kappa shape index (κ3) is 3.10. The van der Waals surface area contributed by atoms with Gasteiger partial charge in [-0.1, -0.05) is 30.3 Å². The molecule has 4 rings (SSSR count). The standard InChI is InChI=1S/C19H21NO2.BrH/c21-16-6-7-18-17(12-16)19(14-22-18)8-10-20(11-9-19)13-15-4-2-1-3-5-15;/h1-7,12,21H,8-11,13-14H2;1H. The van der Waals surface area contributed by atoms with Gasteiger partial charge in [-0.25, -0.2) is 0 Å². The number of likely N-dealkylation sites (tertiary alicyclic amines) is 1. The van der Waals surface area contributed by atoms with Crippen LogP contribution in [0, 0.1) is 0 Å². The van der Waals surface area contributed by atoms with E-state index in [1.165, 1.54) is 11.1 Å². The Bertz CT molecular complexity index is 666. The first-order chi connectivity index (χ1) is 10.8. The van der Waals surface area contributed by atoms with Gasteiger partial charge in [0.2, 0.25) is 0 Å². The van der Waals surface area contributed by atoms with Gasteiger partial charge in [0, 0.05) is 17.5 Å². The van der Waals surface area contributed by atoms with Crippen LogP contribution in [0.5, 0.6) is 11.5 Å². The molecule has 1 saturated heterocycles. The van der Waals surface area contributed by atoms with Crippen molar-refractivity contribution in [3.63, 3.8) is 0 Å². The van der Waals surface area contributed by atoms with E-state index in [1.54, 1.807) is 6.07 Å². The Kier molecular flexibility index (Phi) is 4.64. The van der Waals surface area contributed by atoms with Crippen LogP contribution in [0.15, 0.2) is 48.5 Å². The predicted octanol–water partition coefficient (Wildman–Crippen LogP) is 3.90. The van der Waals surface area contributed by atoms with E-state index in [-0.39, 0.29) is 22.4 Å². The Morgan fingerprint density at radius 3 is 2.52 bits per heavy atom. The summed E-state index contributed by atoms with van der Waals surface area (Å²) in [5.74, 6) is 1.30. The molecule has 0 radical (unpaired) electrons. The highest BCUT2D eigenvalue weighted by Gasteiger charge is 2.43. The molecule has 4 heteroatoms. The Labute approximate surface area is 147 Å². The van der Waals surface area contributed by atoms with Crippen LogP contribution in [-0.4, -0.2) is 29.7 Å². The van der Waals surface area contributed by atoms with Gasteiger partial charge in [0.05, 0.1) is 6.61 Å². The summed E-state index contributed by atoms with van der Waals surface area (Å²) in [5.41, 5.74) is 2.67. The molecule has 1 spiro atoms. The van der Waals surface area contributed by atoms with Crippen LogP contribution in [0.1, 0.15) is 24.0 Å². The molecule has 2 aromatic carbocycles. The Hall–Kier alpha value is -1.52. The summed E-state index contributed by atoms with van der Waals surface area (Å²) in [6.07, 6.45) is 2.19. The van der Waals surface area contributed by atoms with E-state index in [0.717, 1.165) is 44.8 Å². The second-order valence-electron chi connectivity index (χ2n) is 6.51. The van der Waals surface area contributed by atoms with Crippen LogP contribution < -0.4 is 4.74 Å². The van der Waals surface area contributed by atoms with E-state index < -0.39 is 0 Å². The SMILES string of the molecule is Br.Oc1ccc2c(c1)C1(CCN(Cc3ccccc3)CC1)CO2. The number of halogens is 1. The van der Waals surface area contributed by atoms with Crippen molar-refractivity contribution >= 4 is 17.0 Å². The van der Waals surface area contributed by atoms with Gasteiger partial charge in [-0.05, 0) is 49.7 Å². The predicted molar refractivity (Wildman–Crippen MR) is 96.6 cm³/mol. The Morgan fingerprint density at radius 2 is 1.78 bits per heavy atom. The minimum atomic E-state index is 0. The molecule has 2 aliphatic rings. The van der Waals surface area contributed by atoms with Crippen LogP contribution in [0.4, 0.5) is 0 Å². The number of benzene rings is 2. The number of rotatable bonds is 2. The van der Waals surface area contributed by atoms with Crippen molar-refractivity contribution in [2.24, 2.45) is 0 Å². The van der Waals surface area contributed by atoms with E-state index in [9.17, 15) is 5.11 Å². The fourth-order valence-corrected chi connectivity index (χ4v) is 3.75. The maximum atomic E-state index is 9.79. The Balaban J connectivity index is 0.00000156. The molecule has 0 aromatic heterocycles. The molecule has 0 amide bonds. The van der Waals surface area contributed by atoms with Crippen molar-refractivity contribution in [3.05, 3.63) is 59.7 Å². The van der Waals surface area contributed by atoms with Gasteiger partial charge in [-0.15, -0.1) is 17.0 Å². The quantitative estimate of drug-likeness (QED) is 0.863. The highest BCUT2D eigenvalue weighted by molar-refractivity contribution is 8.93. The summed E-state index contributed by atoms with van der Waals surface area (Å²) >= 11 is 0. The average molecular weight is 376 g/mol. The summed E-state index contributed by atoms with van der Waals surface area (Å²) in [7, 11) is 0. The molecule has 2 heterocycles. The largest absolute Gasteiger partial charge is 0.508 e. The normalized spacial score (nSPS) is 19.0. The van der Waals surface area contributed by atoms with Crippen LogP contribution in [0.2, 0.25) is 0 Å². The van der Waals surface area contributed by atoms with Gasteiger partial charge in [-0.3, -0.25) is 4.90 Å². The Morgan fingerprint density at radius 1 is 1.04 bits per heavy atom. The van der Waals surface area contributed by atoms with Crippen molar-refractivity contribution in [3.8, 4) is 11.5 Å². The first kappa shape index (κ1) is 16.3. The van der Waals surface area contributed by atoms with Gasteiger partial charge in [-0.2, -0.15) is 0 Å². The molecule has 0 unspecified atom stereocenters. The lowest BCUT2D eigenvalue weighted by molar-refractivity contribution is 0.130. The molecule has 2 aliphatic heterocycles. The zero-order valence-electron chi connectivity index (χ0n) is 13.1. The molecule has 1 fully saturated rings. The molecule has 23 heavy (non-hydrogen) atoms. The molecule has 0 bridgehead atoms. The number of nitrogens with zero attached hydrogens (tertiary/aromatic N) is 1. The number of hydrogen-bond donors (Lipinski definition) is 1. The lowest BCUT2D eigenvalue weighted by atomic mass is 9.74. The maximum Gasteiger partial charge on any atom is 0.123 e. The molecule has 2 aromatic rings. The number of phenols is 1. The number of fused-ring (bicyclic) bond motifs is 2. The lowest BCUT2D eigenvalue weighted by Gasteiger charge is -2.38. The number of aromatic hydroxyl groups is 1. The van der Waals surface area contributed by atoms with Crippen molar-refractivity contribution in [1.82, 2.24) is 4.90 Å². The summed E-state index contributed by atoms with van der Waals surface area (Å²) in [5, 5.41) is 9.79. The van der Waals surface area contributed by atoms with Gasteiger partial charge >= 0.3 is 0 Å². The number of piperidine rings is 1. The zero-order chi connectivity index (χ0) is 15.0. The average Bonchev–Trinajstić information content (AvgIpc) is 2.89.